The summed E-state index contributed by atoms with van der Waals surface area (Å²) in [6, 6.07) is 8.50. The minimum absolute atomic E-state index is 0.0571. The average molecular weight is 444 g/mol. The number of aliphatic hydroxyl groups excluding tert-OH is 1. The van der Waals surface area contributed by atoms with E-state index in [9.17, 15) is 14.7 Å². The number of nitrogens with one attached hydrogen (secondary N) is 3. The predicted octanol–water partition coefficient (Wildman–Crippen LogP) is 3.34. The van der Waals surface area contributed by atoms with Gasteiger partial charge in [-0.15, -0.1) is 0 Å². The highest BCUT2D eigenvalue weighted by atomic mass is 16.3. The van der Waals surface area contributed by atoms with Crippen LogP contribution in [0.2, 0.25) is 0 Å². The predicted molar refractivity (Wildman–Crippen MR) is 127 cm³/mol. The van der Waals surface area contributed by atoms with Gasteiger partial charge in [-0.2, -0.15) is 0 Å². The number of hydrogen-bond donors (Lipinski definition) is 4. The highest BCUT2D eigenvalue weighted by molar-refractivity contribution is 5.77. The van der Waals surface area contributed by atoms with E-state index >= 15 is 0 Å². The minimum atomic E-state index is -0.712. The number of benzene rings is 1. The number of carbonyl (C=O) groups is 2. The summed E-state index contributed by atoms with van der Waals surface area (Å²) in [5, 5.41) is 20.7. The minimum Gasteiger partial charge on any atom is -0.390 e. The number of rotatable bonds is 9. The van der Waals surface area contributed by atoms with Crippen LogP contribution in [0.1, 0.15) is 89.2 Å². The zero-order valence-electron chi connectivity index (χ0n) is 20.0. The molecule has 1 aromatic rings. The molecule has 32 heavy (non-hydrogen) atoms. The lowest BCUT2D eigenvalue weighted by molar-refractivity contribution is -0.123. The lowest BCUT2D eigenvalue weighted by Gasteiger charge is -2.41. The maximum Gasteiger partial charge on any atom is 0.220 e. The molecule has 1 aromatic carbocycles. The molecular formula is C26H41N3O3. The summed E-state index contributed by atoms with van der Waals surface area (Å²) >= 11 is 0. The van der Waals surface area contributed by atoms with E-state index in [4.69, 9.17) is 0 Å². The summed E-state index contributed by atoms with van der Waals surface area (Å²) < 4.78 is 0. The van der Waals surface area contributed by atoms with E-state index in [2.05, 4.69) is 54.1 Å². The zero-order chi connectivity index (χ0) is 23.1. The maximum absolute atomic E-state index is 11.8. The van der Waals surface area contributed by atoms with Crippen LogP contribution in [0, 0.1) is 5.92 Å². The molecule has 0 spiro atoms. The molecule has 2 aliphatic rings. The maximum atomic E-state index is 11.8. The summed E-state index contributed by atoms with van der Waals surface area (Å²) in [5.41, 5.74) is 2.49. The topological polar surface area (TPSA) is 90.5 Å². The molecular weight excluding hydrogens is 402 g/mol. The fourth-order valence-corrected chi connectivity index (χ4v) is 5.35. The summed E-state index contributed by atoms with van der Waals surface area (Å²) in [6.45, 7) is 7.00. The first kappa shape index (κ1) is 24.7. The van der Waals surface area contributed by atoms with Gasteiger partial charge in [-0.25, -0.2) is 0 Å². The number of carbonyl (C=O) groups excluding carboxylic acids is 2. The second kappa shape index (κ2) is 11.3. The summed E-state index contributed by atoms with van der Waals surface area (Å²) in [4.78, 5) is 23.6. The van der Waals surface area contributed by atoms with Crippen LogP contribution in [0.5, 0.6) is 0 Å². The van der Waals surface area contributed by atoms with Gasteiger partial charge in [0.15, 0.2) is 0 Å². The average Bonchev–Trinajstić information content (AvgIpc) is 2.77. The van der Waals surface area contributed by atoms with Gasteiger partial charge in [0.1, 0.15) is 0 Å². The zero-order valence-corrected chi connectivity index (χ0v) is 20.0. The van der Waals surface area contributed by atoms with Gasteiger partial charge < -0.3 is 21.1 Å². The quantitative estimate of drug-likeness (QED) is 0.471. The van der Waals surface area contributed by atoms with Gasteiger partial charge in [-0.1, -0.05) is 57.4 Å². The fourth-order valence-electron chi connectivity index (χ4n) is 5.35. The third kappa shape index (κ3) is 6.55. The van der Waals surface area contributed by atoms with Crippen molar-refractivity contribution in [1.29, 1.82) is 0 Å². The van der Waals surface area contributed by atoms with E-state index in [1.165, 1.54) is 37.3 Å². The van der Waals surface area contributed by atoms with Gasteiger partial charge in [-0.05, 0) is 48.6 Å². The van der Waals surface area contributed by atoms with Crippen molar-refractivity contribution in [2.24, 2.45) is 5.92 Å². The molecule has 6 heteroatoms. The Morgan fingerprint density at radius 3 is 2.66 bits per heavy atom. The van der Waals surface area contributed by atoms with Crippen molar-refractivity contribution in [3.05, 3.63) is 35.4 Å². The van der Waals surface area contributed by atoms with Crippen molar-refractivity contribution < 1.29 is 14.7 Å². The molecule has 2 amide bonds. The van der Waals surface area contributed by atoms with Crippen molar-refractivity contribution in [3.63, 3.8) is 0 Å². The van der Waals surface area contributed by atoms with Crippen LogP contribution in [-0.2, 0) is 15.1 Å². The Bertz CT molecular complexity index is 773. The fraction of sp³-hybridized carbons (Fsp3) is 0.692. The molecule has 1 aliphatic heterocycles. The van der Waals surface area contributed by atoms with Gasteiger partial charge in [0.25, 0.3) is 0 Å². The molecule has 1 saturated heterocycles. The molecule has 3 atom stereocenters. The monoisotopic (exact) mass is 443 g/mol. The van der Waals surface area contributed by atoms with Crippen molar-refractivity contribution in [2.45, 2.75) is 95.7 Å². The van der Waals surface area contributed by atoms with Gasteiger partial charge in [0.2, 0.25) is 11.8 Å². The van der Waals surface area contributed by atoms with Gasteiger partial charge in [-0.3, -0.25) is 9.59 Å². The highest BCUT2D eigenvalue weighted by Gasteiger charge is 2.35. The summed E-state index contributed by atoms with van der Waals surface area (Å²) in [5.74, 6) is 0.563. The van der Waals surface area contributed by atoms with Gasteiger partial charge in [0, 0.05) is 32.0 Å². The van der Waals surface area contributed by atoms with Crippen molar-refractivity contribution in [2.75, 3.05) is 13.1 Å². The Morgan fingerprint density at radius 2 is 2.00 bits per heavy atom. The summed E-state index contributed by atoms with van der Waals surface area (Å²) in [6.07, 6.45) is 6.93. The lowest BCUT2D eigenvalue weighted by Crippen LogP contribution is -2.53. The van der Waals surface area contributed by atoms with Crippen LogP contribution in [-0.4, -0.2) is 42.2 Å². The Hall–Kier alpha value is -1.92. The molecule has 4 N–H and O–H groups in total. The number of aliphatic hydroxyl groups is 1. The molecule has 0 aromatic heterocycles. The second-order valence-electron chi connectivity index (χ2n) is 10.1. The summed E-state index contributed by atoms with van der Waals surface area (Å²) in [7, 11) is 0. The second-order valence-corrected chi connectivity index (χ2v) is 10.1. The standard InChI is InChI=1S/C26H41N3O3/c1-18(2)21-8-7-9-22(16-21)26(11-5-4-6-12-26)28-17-24(31)23(29-19(3)30)14-20-10-13-27-25(32)15-20/h7-9,16,18,20,23-24,28,31H,4-6,10-15,17H2,1-3H3,(H,27,32)(H,29,30). The number of piperidine rings is 1. The van der Waals surface area contributed by atoms with E-state index in [1.54, 1.807) is 0 Å². The first-order chi connectivity index (χ1) is 15.3. The molecule has 1 aliphatic carbocycles. The Kier molecular flexibility index (Phi) is 8.72. The SMILES string of the molecule is CC(=O)NC(CC1CCNC(=O)C1)C(O)CNC1(c2cccc(C(C)C)c2)CCCCC1. The molecule has 1 saturated carbocycles. The van der Waals surface area contributed by atoms with Crippen LogP contribution in [0.25, 0.3) is 0 Å². The Labute approximate surface area is 192 Å². The molecule has 6 nitrogen and oxygen atoms in total. The van der Waals surface area contributed by atoms with Crippen LogP contribution in [0.3, 0.4) is 0 Å². The van der Waals surface area contributed by atoms with Crippen LogP contribution < -0.4 is 16.0 Å². The van der Waals surface area contributed by atoms with Gasteiger partial charge in [0.05, 0.1) is 12.1 Å². The molecule has 0 bridgehead atoms. The molecule has 3 unspecified atom stereocenters. The first-order valence-electron chi connectivity index (χ1n) is 12.4. The van der Waals surface area contributed by atoms with E-state index in [1.807, 2.05) is 0 Å². The molecule has 3 rings (SSSR count). The Balaban J connectivity index is 1.72. The largest absolute Gasteiger partial charge is 0.390 e. The van der Waals surface area contributed by atoms with E-state index in [0.29, 0.717) is 31.8 Å². The van der Waals surface area contributed by atoms with Crippen molar-refractivity contribution in [1.82, 2.24) is 16.0 Å². The number of amides is 2. The van der Waals surface area contributed by atoms with E-state index in [0.717, 1.165) is 19.3 Å². The first-order valence-corrected chi connectivity index (χ1v) is 12.4. The third-order valence-electron chi connectivity index (χ3n) is 7.25. The molecule has 1 heterocycles. The van der Waals surface area contributed by atoms with Gasteiger partial charge >= 0.3 is 0 Å². The lowest BCUT2D eigenvalue weighted by atomic mass is 9.75. The van der Waals surface area contributed by atoms with Crippen LogP contribution in [0.4, 0.5) is 0 Å². The van der Waals surface area contributed by atoms with Crippen LogP contribution >= 0.6 is 0 Å². The van der Waals surface area contributed by atoms with E-state index < -0.39 is 6.10 Å². The van der Waals surface area contributed by atoms with E-state index in [-0.39, 0.29) is 29.3 Å². The molecule has 178 valence electrons. The molecule has 0 radical (unpaired) electrons. The Morgan fingerprint density at radius 1 is 1.25 bits per heavy atom. The smallest absolute Gasteiger partial charge is 0.220 e. The van der Waals surface area contributed by atoms with Crippen LogP contribution in [0.15, 0.2) is 24.3 Å². The highest BCUT2D eigenvalue weighted by Crippen LogP contribution is 2.38. The van der Waals surface area contributed by atoms with Crippen molar-refractivity contribution >= 4 is 11.8 Å². The normalized spacial score (nSPS) is 22.8. The number of hydrogen-bond acceptors (Lipinski definition) is 4. The molecule has 2 fully saturated rings. The van der Waals surface area contributed by atoms with Crippen molar-refractivity contribution in [3.8, 4) is 0 Å². The third-order valence-corrected chi connectivity index (χ3v) is 7.25.